The van der Waals surface area contributed by atoms with Crippen molar-refractivity contribution in [1.29, 1.82) is 0 Å². The minimum atomic E-state index is -2.52. The third-order valence-corrected chi connectivity index (χ3v) is 7.95. The van der Waals surface area contributed by atoms with Gasteiger partial charge in [-0.1, -0.05) is 25.1 Å². The fourth-order valence-corrected chi connectivity index (χ4v) is 5.65. The van der Waals surface area contributed by atoms with Gasteiger partial charge in [0.05, 0.1) is 11.2 Å². The summed E-state index contributed by atoms with van der Waals surface area (Å²) in [4.78, 5) is 4.73. The summed E-state index contributed by atoms with van der Waals surface area (Å²) in [5.41, 5.74) is 3.44. The van der Waals surface area contributed by atoms with Gasteiger partial charge in [-0.15, -0.1) is 0 Å². The maximum absolute atomic E-state index is 13.4. The smallest absolute Gasteiger partial charge is 0.399 e. The van der Waals surface area contributed by atoms with Crippen LogP contribution in [0.1, 0.15) is 52.3 Å². The lowest BCUT2D eigenvalue weighted by Gasteiger charge is -2.32. The summed E-state index contributed by atoms with van der Waals surface area (Å²) in [7, 11) is 0.988. The Bertz CT molecular complexity index is 1120. The first-order valence-electron chi connectivity index (χ1n) is 10.2. The third kappa shape index (κ3) is 3.91. The first-order chi connectivity index (χ1) is 14.6. The van der Waals surface area contributed by atoms with E-state index in [1.165, 1.54) is 15.2 Å². The van der Waals surface area contributed by atoms with Gasteiger partial charge in [0.2, 0.25) is 0 Å². The van der Waals surface area contributed by atoms with Crippen LogP contribution in [0.5, 0.6) is 0 Å². The van der Waals surface area contributed by atoms with E-state index in [9.17, 15) is 8.78 Å². The molecule has 0 unspecified atom stereocenters. The number of hydrogen-bond acceptors (Lipinski definition) is 4. The van der Waals surface area contributed by atoms with Gasteiger partial charge < -0.3 is 9.31 Å². The van der Waals surface area contributed by atoms with Crippen molar-refractivity contribution in [2.45, 2.75) is 58.7 Å². The Labute approximate surface area is 198 Å². The number of pyridine rings is 1. The van der Waals surface area contributed by atoms with E-state index in [1.54, 1.807) is 18.3 Å². The molecule has 1 aliphatic heterocycles. The van der Waals surface area contributed by atoms with Crippen molar-refractivity contribution in [2.75, 3.05) is 0 Å². The Morgan fingerprint density at radius 2 is 1.84 bits per heavy atom. The average molecular weight is 556 g/mol. The first-order valence-corrected chi connectivity index (χ1v) is 13.5. The third-order valence-electron chi connectivity index (χ3n) is 6.24. The number of benzene rings is 1. The van der Waals surface area contributed by atoms with E-state index in [4.69, 9.17) is 14.3 Å². The highest BCUT2D eigenvalue weighted by molar-refractivity contribution is 14.2. The van der Waals surface area contributed by atoms with Crippen molar-refractivity contribution < 1.29 is 18.1 Å². The molecule has 2 aromatic heterocycles. The highest BCUT2D eigenvalue weighted by atomic mass is 127. The number of aromatic nitrogens is 2. The van der Waals surface area contributed by atoms with Crippen LogP contribution < -0.4 is 5.46 Å². The largest absolute Gasteiger partial charge is 0.496 e. The second-order valence-electron chi connectivity index (χ2n) is 8.69. The number of alkyl halides is 2. The maximum Gasteiger partial charge on any atom is 0.496 e. The van der Waals surface area contributed by atoms with Crippen LogP contribution in [0.3, 0.4) is 0 Å². The molecule has 4 nitrogen and oxygen atoms in total. The Morgan fingerprint density at radius 1 is 1.16 bits per heavy atom. The average Bonchev–Trinajstić information content (AvgIpc) is 3.16. The van der Waals surface area contributed by atoms with Crippen LogP contribution in [0.2, 0.25) is 0 Å². The Hall–Kier alpha value is -1.17. The van der Waals surface area contributed by atoms with Gasteiger partial charge >= 0.3 is 7.12 Å². The van der Waals surface area contributed by atoms with E-state index in [1.807, 2.05) is 39.8 Å². The molecule has 1 aromatic carbocycles. The molecule has 4 rings (SSSR count). The number of nitrogens with zero attached hydrogens (tertiary/aromatic N) is 2. The summed E-state index contributed by atoms with van der Waals surface area (Å²) >= 11 is 2.23. The normalized spacial score (nSPS) is 17.8. The molecule has 164 valence electrons. The molecule has 3 aromatic rings. The highest BCUT2D eigenvalue weighted by Gasteiger charge is 2.52. The molecule has 31 heavy (non-hydrogen) atoms. The maximum atomic E-state index is 13.4. The van der Waals surface area contributed by atoms with Gasteiger partial charge in [0.15, 0.2) is 5.65 Å². The standard InChI is InChI=1S/C22H24BF2IN2O2S/c1-6-17-18(13-8-7-9-14(10-13)19(24)25)16-11-15(12-27-20(16)28(17)31-26)23-29-21(2,3)22(4,5)30-23/h7-12,19H,6H2,1-5H3. The van der Waals surface area contributed by atoms with Crippen LogP contribution in [0.4, 0.5) is 8.78 Å². The fraction of sp³-hybridized carbons (Fsp3) is 0.409. The van der Waals surface area contributed by atoms with Crippen molar-refractivity contribution in [1.82, 2.24) is 8.96 Å². The number of halogens is 3. The molecule has 9 heteroatoms. The van der Waals surface area contributed by atoms with E-state index >= 15 is 0 Å². The van der Waals surface area contributed by atoms with Gasteiger partial charge in [0, 0.05) is 64.2 Å². The molecular weight excluding hydrogens is 532 g/mol. The lowest BCUT2D eigenvalue weighted by molar-refractivity contribution is 0.00578. The molecule has 0 bridgehead atoms. The predicted molar refractivity (Wildman–Crippen MR) is 132 cm³/mol. The van der Waals surface area contributed by atoms with Crippen molar-refractivity contribution >= 4 is 53.9 Å². The van der Waals surface area contributed by atoms with Crippen molar-refractivity contribution in [2.24, 2.45) is 0 Å². The Morgan fingerprint density at radius 3 is 2.42 bits per heavy atom. The second kappa shape index (κ2) is 8.31. The number of rotatable bonds is 5. The molecule has 0 saturated carbocycles. The summed E-state index contributed by atoms with van der Waals surface area (Å²) in [5.74, 6) is 0. The zero-order valence-corrected chi connectivity index (χ0v) is 21.1. The van der Waals surface area contributed by atoms with Crippen molar-refractivity contribution in [3.8, 4) is 11.1 Å². The van der Waals surface area contributed by atoms with E-state index in [-0.39, 0.29) is 5.56 Å². The van der Waals surface area contributed by atoms with Crippen LogP contribution in [-0.4, -0.2) is 27.3 Å². The lowest BCUT2D eigenvalue weighted by atomic mass is 9.79. The second-order valence-corrected chi connectivity index (χ2v) is 10.4. The van der Waals surface area contributed by atoms with Crippen LogP contribution >= 0.6 is 30.3 Å². The summed E-state index contributed by atoms with van der Waals surface area (Å²) in [5, 5.41) is 0.902. The van der Waals surface area contributed by atoms with Crippen molar-refractivity contribution in [3.05, 3.63) is 47.8 Å². The monoisotopic (exact) mass is 556 g/mol. The number of hydrogen-bond donors (Lipinski definition) is 0. The Balaban J connectivity index is 1.91. The highest BCUT2D eigenvalue weighted by Crippen LogP contribution is 2.40. The minimum absolute atomic E-state index is 0.0117. The van der Waals surface area contributed by atoms with Gasteiger partial charge in [0.25, 0.3) is 6.43 Å². The molecule has 0 spiro atoms. The molecular formula is C22H24BF2IN2O2S. The predicted octanol–water partition coefficient (Wildman–Crippen LogP) is 6.35. The SMILES string of the molecule is CCc1c(-c2cccc(C(F)F)c2)c2cc(B3OC(C)(C)C(C)(C)O3)cnc2n1SI. The van der Waals surface area contributed by atoms with Gasteiger partial charge in [-0.25, -0.2) is 13.8 Å². The van der Waals surface area contributed by atoms with Gasteiger partial charge in [-0.3, -0.25) is 3.97 Å². The summed E-state index contributed by atoms with van der Waals surface area (Å²) < 4.78 is 41.3. The Kier molecular flexibility index (Phi) is 6.17. The van der Waals surface area contributed by atoms with Crippen LogP contribution in [0, 0.1) is 0 Å². The molecule has 3 heterocycles. The van der Waals surface area contributed by atoms with Crippen molar-refractivity contribution in [3.63, 3.8) is 0 Å². The van der Waals surface area contributed by atoms with E-state index in [2.05, 4.69) is 32.1 Å². The molecule has 0 aliphatic carbocycles. The topological polar surface area (TPSA) is 36.3 Å². The quantitative estimate of drug-likeness (QED) is 0.271. The summed E-state index contributed by atoms with van der Waals surface area (Å²) in [6.07, 6.45) is 0.00904. The molecule has 1 aliphatic rings. The van der Waals surface area contributed by atoms with Crippen LogP contribution in [0.15, 0.2) is 36.5 Å². The fourth-order valence-electron chi connectivity index (χ4n) is 3.86. The molecule has 0 amide bonds. The lowest BCUT2D eigenvalue weighted by Crippen LogP contribution is -2.41. The van der Waals surface area contributed by atoms with Crippen LogP contribution in [-0.2, 0) is 15.7 Å². The molecule has 0 radical (unpaired) electrons. The van der Waals surface area contributed by atoms with E-state index in [0.717, 1.165) is 39.7 Å². The van der Waals surface area contributed by atoms with Crippen LogP contribution in [0.25, 0.3) is 22.2 Å². The zero-order chi connectivity index (χ0) is 22.6. The van der Waals surface area contributed by atoms with Gasteiger partial charge in [0.1, 0.15) is 0 Å². The molecule has 0 N–H and O–H groups in total. The van der Waals surface area contributed by atoms with Gasteiger partial charge in [-0.2, -0.15) is 0 Å². The summed E-state index contributed by atoms with van der Waals surface area (Å²) in [6, 6.07) is 8.62. The number of fused-ring (bicyclic) bond motifs is 1. The zero-order valence-electron chi connectivity index (χ0n) is 18.1. The summed E-state index contributed by atoms with van der Waals surface area (Å²) in [6.45, 7) is 10.1. The first kappa shape index (κ1) is 23.0. The van der Waals surface area contributed by atoms with E-state index < -0.39 is 24.7 Å². The van der Waals surface area contributed by atoms with E-state index in [0.29, 0.717) is 0 Å². The van der Waals surface area contributed by atoms with Gasteiger partial charge in [-0.05, 0) is 51.8 Å². The molecule has 1 fully saturated rings. The molecule has 0 atom stereocenters. The molecule has 1 saturated heterocycles. The minimum Gasteiger partial charge on any atom is -0.399 e.